The lowest BCUT2D eigenvalue weighted by Gasteiger charge is -2.21. The fourth-order valence-corrected chi connectivity index (χ4v) is 3.53. The van der Waals surface area contributed by atoms with Crippen molar-refractivity contribution < 1.29 is 22.3 Å². The van der Waals surface area contributed by atoms with E-state index in [1.54, 1.807) is 18.2 Å². The highest BCUT2D eigenvalue weighted by molar-refractivity contribution is 7.89. The van der Waals surface area contributed by atoms with Gasteiger partial charge in [-0.3, -0.25) is 0 Å². The monoisotopic (exact) mass is 337 g/mol. The van der Waals surface area contributed by atoms with Gasteiger partial charge in [0.05, 0.1) is 4.90 Å². The molecule has 0 aliphatic carbocycles. The third-order valence-corrected chi connectivity index (χ3v) is 5.32. The maximum absolute atomic E-state index is 13.3. The van der Waals surface area contributed by atoms with Crippen LogP contribution in [0.1, 0.15) is 5.56 Å². The Bertz CT molecular complexity index is 823. The number of halogens is 1. The van der Waals surface area contributed by atoms with Crippen molar-refractivity contribution in [2.45, 2.75) is 11.4 Å². The summed E-state index contributed by atoms with van der Waals surface area (Å²) in [6.45, 7) is 1.11. The van der Waals surface area contributed by atoms with Crippen LogP contribution in [-0.4, -0.2) is 33.0 Å². The van der Waals surface area contributed by atoms with Gasteiger partial charge in [0.25, 0.3) is 0 Å². The van der Waals surface area contributed by atoms with Gasteiger partial charge in [0, 0.05) is 13.6 Å². The molecule has 7 heteroatoms. The van der Waals surface area contributed by atoms with Gasteiger partial charge in [-0.2, -0.15) is 4.31 Å². The number of rotatable bonds is 4. The van der Waals surface area contributed by atoms with Gasteiger partial charge in [-0.15, -0.1) is 0 Å². The molecular weight excluding hydrogens is 321 g/mol. The number of hydrogen-bond acceptors (Lipinski definition) is 4. The average Bonchev–Trinajstić information content (AvgIpc) is 2.54. The zero-order valence-electron chi connectivity index (χ0n) is 12.5. The fourth-order valence-electron chi connectivity index (χ4n) is 2.34. The highest BCUT2D eigenvalue weighted by Crippen LogP contribution is 2.31. The van der Waals surface area contributed by atoms with Gasteiger partial charge in [-0.1, -0.05) is 12.1 Å². The van der Waals surface area contributed by atoms with Gasteiger partial charge >= 0.3 is 0 Å². The minimum Gasteiger partial charge on any atom is -0.486 e. The number of benzene rings is 2. The molecule has 0 amide bonds. The van der Waals surface area contributed by atoms with Crippen molar-refractivity contribution in [3.8, 4) is 11.5 Å². The van der Waals surface area contributed by atoms with Crippen molar-refractivity contribution in [3.63, 3.8) is 0 Å². The van der Waals surface area contributed by atoms with E-state index in [1.165, 1.54) is 29.6 Å². The van der Waals surface area contributed by atoms with E-state index >= 15 is 0 Å². The van der Waals surface area contributed by atoms with Gasteiger partial charge in [-0.05, 0) is 35.9 Å². The van der Waals surface area contributed by atoms with Gasteiger partial charge in [0.15, 0.2) is 11.5 Å². The van der Waals surface area contributed by atoms with E-state index in [2.05, 4.69) is 0 Å². The van der Waals surface area contributed by atoms with Crippen LogP contribution in [0.25, 0.3) is 0 Å². The number of nitrogens with zero attached hydrogens (tertiary/aromatic N) is 1. The van der Waals surface area contributed by atoms with E-state index in [0.717, 1.165) is 11.6 Å². The average molecular weight is 337 g/mol. The molecular formula is C16H16FNO4S. The summed E-state index contributed by atoms with van der Waals surface area (Å²) in [5, 5.41) is 0. The molecule has 2 aromatic carbocycles. The molecule has 0 unspecified atom stereocenters. The Morgan fingerprint density at radius 2 is 1.83 bits per heavy atom. The maximum Gasteiger partial charge on any atom is 0.243 e. The summed E-state index contributed by atoms with van der Waals surface area (Å²) < 4.78 is 50.3. The van der Waals surface area contributed by atoms with Crippen molar-refractivity contribution in [1.82, 2.24) is 4.31 Å². The van der Waals surface area contributed by atoms with Crippen LogP contribution in [0.15, 0.2) is 47.4 Å². The molecule has 0 saturated heterocycles. The molecule has 0 atom stereocenters. The SMILES string of the molecule is CN(Cc1ccc2c(c1)OCCO2)S(=O)(=O)c1cccc(F)c1. The Morgan fingerprint density at radius 1 is 1.09 bits per heavy atom. The molecule has 1 aliphatic rings. The van der Waals surface area contributed by atoms with E-state index < -0.39 is 15.8 Å². The van der Waals surface area contributed by atoms with E-state index in [0.29, 0.717) is 24.7 Å². The van der Waals surface area contributed by atoms with Crippen molar-refractivity contribution in [3.05, 3.63) is 53.8 Å². The minimum atomic E-state index is -3.76. The Morgan fingerprint density at radius 3 is 2.57 bits per heavy atom. The third-order valence-electron chi connectivity index (χ3n) is 3.52. The molecule has 0 aromatic heterocycles. The largest absolute Gasteiger partial charge is 0.486 e. The first-order valence-electron chi connectivity index (χ1n) is 7.07. The van der Waals surface area contributed by atoms with Crippen molar-refractivity contribution in [2.24, 2.45) is 0 Å². The quantitative estimate of drug-likeness (QED) is 0.860. The van der Waals surface area contributed by atoms with Crippen molar-refractivity contribution in [2.75, 3.05) is 20.3 Å². The van der Waals surface area contributed by atoms with Crippen LogP contribution >= 0.6 is 0 Å². The second kappa shape index (κ2) is 6.17. The van der Waals surface area contributed by atoms with Crippen LogP contribution in [0.3, 0.4) is 0 Å². The normalized spacial score (nSPS) is 14.0. The smallest absolute Gasteiger partial charge is 0.243 e. The summed E-state index contributed by atoms with van der Waals surface area (Å²) >= 11 is 0. The van der Waals surface area contributed by atoms with E-state index in [4.69, 9.17) is 9.47 Å². The van der Waals surface area contributed by atoms with Crippen LogP contribution < -0.4 is 9.47 Å². The molecule has 3 rings (SSSR count). The zero-order valence-corrected chi connectivity index (χ0v) is 13.3. The summed E-state index contributed by atoms with van der Waals surface area (Å²) in [6.07, 6.45) is 0. The third kappa shape index (κ3) is 3.30. The standard InChI is InChI=1S/C16H16FNO4S/c1-18(23(19,20)14-4-2-3-13(17)10-14)11-12-5-6-15-16(9-12)22-8-7-21-15/h2-6,9-10H,7-8,11H2,1H3. The summed E-state index contributed by atoms with van der Waals surface area (Å²) in [6, 6.07) is 10.3. The lowest BCUT2D eigenvalue weighted by molar-refractivity contribution is 0.171. The van der Waals surface area contributed by atoms with Crippen LogP contribution in [0.4, 0.5) is 4.39 Å². The molecule has 1 aliphatic heterocycles. The Balaban J connectivity index is 1.82. The predicted molar refractivity (Wildman–Crippen MR) is 82.5 cm³/mol. The highest BCUT2D eigenvalue weighted by atomic mass is 32.2. The number of ether oxygens (including phenoxy) is 2. The van der Waals surface area contributed by atoms with Gasteiger partial charge in [0.2, 0.25) is 10.0 Å². The topological polar surface area (TPSA) is 55.8 Å². The lowest BCUT2D eigenvalue weighted by Crippen LogP contribution is -2.26. The Hall–Kier alpha value is -2.12. The summed E-state index contributed by atoms with van der Waals surface area (Å²) in [4.78, 5) is -0.0717. The maximum atomic E-state index is 13.3. The molecule has 0 saturated carbocycles. The van der Waals surface area contributed by atoms with Crippen LogP contribution in [0, 0.1) is 5.82 Å². The summed E-state index contributed by atoms with van der Waals surface area (Å²) in [5.74, 6) is 0.666. The zero-order chi connectivity index (χ0) is 16.4. The Labute approximate surface area is 134 Å². The molecule has 0 N–H and O–H groups in total. The van der Waals surface area contributed by atoms with Gasteiger partial charge in [0.1, 0.15) is 19.0 Å². The fraction of sp³-hybridized carbons (Fsp3) is 0.250. The van der Waals surface area contributed by atoms with Gasteiger partial charge in [-0.25, -0.2) is 12.8 Å². The van der Waals surface area contributed by atoms with Gasteiger partial charge < -0.3 is 9.47 Å². The first-order valence-corrected chi connectivity index (χ1v) is 8.51. The molecule has 23 heavy (non-hydrogen) atoms. The molecule has 0 bridgehead atoms. The molecule has 1 heterocycles. The summed E-state index contributed by atoms with van der Waals surface area (Å²) in [5.41, 5.74) is 0.761. The minimum absolute atomic E-state index is 0.0717. The van der Waals surface area contributed by atoms with Crippen molar-refractivity contribution >= 4 is 10.0 Å². The molecule has 0 radical (unpaired) electrons. The molecule has 0 fully saturated rings. The van der Waals surface area contributed by atoms with Crippen LogP contribution in [0.5, 0.6) is 11.5 Å². The molecule has 122 valence electrons. The number of hydrogen-bond donors (Lipinski definition) is 0. The van der Waals surface area contributed by atoms with E-state index in [1.807, 2.05) is 0 Å². The van der Waals surface area contributed by atoms with E-state index in [-0.39, 0.29) is 11.4 Å². The first kappa shape index (κ1) is 15.8. The first-order chi connectivity index (χ1) is 11.0. The lowest BCUT2D eigenvalue weighted by atomic mass is 10.2. The summed E-state index contributed by atoms with van der Waals surface area (Å²) in [7, 11) is -2.30. The van der Waals surface area contributed by atoms with E-state index in [9.17, 15) is 12.8 Å². The van der Waals surface area contributed by atoms with Crippen molar-refractivity contribution in [1.29, 1.82) is 0 Å². The second-order valence-corrected chi connectivity index (χ2v) is 7.24. The second-order valence-electron chi connectivity index (χ2n) is 5.20. The molecule has 5 nitrogen and oxygen atoms in total. The Kier molecular flexibility index (Phi) is 4.23. The number of fused-ring (bicyclic) bond motifs is 1. The van der Waals surface area contributed by atoms with Crippen LogP contribution in [-0.2, 0) is 16.6 Å². The predicted octanol–water partition coefficient (Wildman–Crippen LogP) is 2.42. The molecule has 0 spiro atoms. The highest BCUT2D eigenvalue weighted by Gasteiger charge is 2.22. The van der Waals surface area contributed by atoms with Crippen LogP contribution in [0.2, 0.25) is 0 Å². The number of sulfonamides is 1. The molecule has 2 aromatic rings.